The van der Waals surface area contributed by atoms with Crippen LogP contribution in [0.5, 0.6) is 0 Å². The Labute approximate surface area is 431 Å². The molecule has 10 aliphatic carbocycles. The van der Waals surface area contributed by atoms with Crippen LogP contribution in [0, 0.1) is 99.6 Å². The number of anilines is 2. The highest BCUT2D eigenvalue weighted by Gasteiger charge is 2.66. The number of ketones is 2. The highest BCUT2D eigenvalue weighted by atomic mass is 16.3. The summed E-state index contributed by atoms with van der Waals surface area (Å²) in [5.41, 5.74) is 5.83. The fraction of sp³-hybridized carbons (Fsp3) is 0.667. The molecule has 0 aromatic heterocycles. The smallest absolute Gasteiger partial charge is 0.155 e. The largest absolute Gasteiger partial charge is 0.377 e. The summed E-state index contributed by atoms with van der Waals surface area (Å²) in [7, 11) is 0. The van der Waals surface area contributed by atoms with Gasteiger partial charge in [0.2, 0.25) is 0 Å². The zero-order chi connectivity index (χ0) is 49.1. The van der Waals surface area contributed by atoms with Gasteiger partial charge in [-0.05, 0) is 235 Å². The van der Waals surface area contributed by atoms with Gasteiger partial charge in [0, 0.05) is 73.1 Å². The topological polar surface area (TPSA) is 81.1 Å². The Bertz CT molecular complexity index is 2650. The van der Waals surface area contributed by atoms with Crippen molar-refractivity contribution < 1.29 is 19.8 Å². The lowest BCUT2D eigenvalue weighted by Crippen LogP contribution is -2.54. The first-order valence-electron chi connectivity index (χ1n) is 29.5. The van der Waals surface area contributed by atoms with E-state index in [9.17, 15) is 19.8 Å². The van der Waals surface area contributed by atoms with Crippen molar-refractivity contribution in [1.29, 1.82) is 0 Å². The molecule has 9 fully saturated rings. The molecule has 2 N–H and O–H groups in total. The predicted octanol–water partition coefficient (Wildman–Crippen LogP) is 12.4. The van der Waals surface area contributed by atoms with Crippen LogP contribution < -0.4 is 9.80 Å². The Morgan fingerprint density at radius 3 is 1.69 bits per heavy atom. The van der Waals surface area contributed by atoms with Crippen LogP contribution in [0.3, 0.4) is 0 Å². The molecule has 13 rings (SSSR count). The van der Waals surface area contributed by atoms with E-state index in [-0.39, 0.29) is 10.8 Å². The van der Waals surface area contributed by atoms with Gasteiger partial charge in [-0.25, -0.2) is 0 Å². The van der Waals surface area contributed by atoms with E-state index in [4.69, 9.17) is 0 Å². The van der Waals surface area contributed by atoms with Gasteiger partial charge in [-0.1, -0.05) is 72.9 Å². The molecular weight excluding hydrogens is 885 g/mol. The monoisotopic (exact) mass is 967 g/mol. The highest BCUT2D eigenvalue weighted by molar-refractivity contribution is 5.92. The number of hydrogen-bond donors (Lipinski definition) is 2. The van der Waals surface area contributed by atoms with Gasteiger partial charge in [0.15, 0.2) is 11.6 Å². The van der Waals surface area contributed by atoms with Crippen LogP contribution in [0.2, 0.25) is 0 Å². The molecule has 1 aliphatic heterocycles. The van der Waals surface area contributed by atoms with Gasteiger partial charge in [-0.2, -0.15) is 0 Å². The van der Waals surface area contributed by atoms with E-state index in [0.29, 0.717) is 101 Å². The van der Waals surface area contributed by atoms with E-state index in [1.54, 1.807) is 0 Å². The van der Waals surface area contributed by atoms with Crippen molar-refractivity contribution in [1.82, 2.24) is 0 Å². The number of allylic oxidation sites excluding steroid dienone is 2. The molecule has 2 aromatic carbocycles. The van der Waals surface area contributed by atoms with Gasteiger partial charge < -0.3 is 20.0 Å². The molecule has 6 heteroatoms. The SMILES string of the molecule is CCN(CCC1CC1C#C[C@]1(O)CC[C@H]2[C@@H]3CCC4=CC(=O)CC[C@@H]4[C@H]3[C@@H](c3ccc(N4CCCC4)cc3)C[C@@]21C)c1ccc([C@H]2C[C@@]3(C)[C@@H](CC[C@@]3(O)C#CC3CC3)[C@@H]3CCC4=CC(=O)CC[C@@H]4[C@H]32)cc1. The van der Waals surface area contributed by atoms with Crippen LogP contribution in [-0.2, 0) is 9.59 Å². The standard InChI is InChI=1S/C66H82N2O4/c1-4-67(49-15-9-43(10-16-49)57-40-63(2)59(27-32-65(63,71)30-25-42-7-8-42)55-21-13-47-38-51(69)19-23-53(47)61(55)57)36-29-46-37-45(46)26-31-66(72)33-28-60-56-22-14-48-39-52(70)20-24-54(48)62(56)58(41-64(60,66)3)44-11-17-50(18-12-44)68-34-5-6-35-68/h9-12,15-18,38-39,42,45-46,53-62,71-72H,4-8,13-14,19-24,27-29,32-37,40-41H2,1-3H3/t45?,46?,53-,54-,55-,56-,57+,58+,59-,60-,61+,62+,63-,64-,65-,66-/m0/s1. The molecule has 2 unspecified atom stereocenters. The van der Waals surface area contributed by atoms with Crippen molar-refractivity contribution in [3.63, 3.8) is 0 Å². The number of benzene rings is 2. The van der Waals surface area contributed by atoms with Crippen molar-refractivity contribution in [2.45, 2.75) is 172 Å². The first-order chi connectivity index (χ1) is 34.8. The minimum absolute atomic E-state index is 0.241. The molecule has 1 heterocycles. The van der Waals surface area contributed by atoms with Gasteiger partial charge in [-0.3, -0.25) is 9.59 Å². The number of fused-ring (bicyclic) bond motifs is 10. The molecule has 0 spiro atoms. The summed E-state index contributed by atoms with van der Waals surface area (Å²) in [6.07, 6.45) is 24.4. The average Bonchev–Trinajstić information content (AvgIpc) is 4.26. The Hall–Kier alpha value is -4.10. The van der Waals surface area contributed by atoms with E-state index >= 15 is 0 Å². The third-order valence-corrected chi connectivity index (χ3v) is 23.0. The van der Waals surface area contributed by atoms with Crippen molar-refractivity contribution in [2.24, 2.45) is 75.9 Å². The van der Waals surface area contributed by atoms with Gasteiger partial charge in [-0.15, -0.1) is 0 Å². The molecule has 380 valence electrons. The lowest BCUT2D eigenvalue weighted by Gasteiger charge is -2.58. The number of nitrogens with zero attached hydrogens (tertiary/aromatic N) is 2. The molecule has 0 bridgehead atoms. The van der Waals surface area contributed by atoms with Gasteiger partial charge in [0.1, 0.15) is 11.2 Å². The molecule has 2 aromatic rings. The molecular formula is C66H82N2O4. The molecule has 0 radical (unpaired) electrons. The zero-order valence-electron chi connectivity index (χ0n) is 43.9. The molecule has 11 aliphatic rings. The maximum absolute atomic E-state index is 12.9. The average molecular weight is 967 g/mol. The zero-order valence-corrected chi connectivity index (χ0v) is 43.9. The summed E-state index contributed by atoms with van der Waals surface area (Å²) >= 11 is 0. The molecule has 8 saturated carbocycles. The second-order valence-corrected chi connectivity index (χ2v) is 26.3. The number of carbonyl (C=O) groups excluding carboxylic acids is 2. The Morgan fingerprint density at radius 2 is 1.17 bits per heavy atom. The minimum atomic E-state index is -0.986. The summed E-state index contributed by atoms with van der Waals surface area (Å²) in [5.74, 6) is 21.2. The predicted molar refractivity (Wildman–Crippen MR) is 287 cm³/mol. The van der Waals surface area contributed by atoms with Crippen molar-refractivity contribution in [2.75, 3.05) is 36.0 Å². The highest BCUT2D eigenvalue weighted by Crippen LogP contribution is 2.70. The lowest BCUT2D eigenvalue weighted by atomic mass is 9.46. The van der Waals surface area contributed by atoms with E-state index in [0.717, 1.165) is 116 Å². The number of rotatable bonds is 8. The van der Waals surface area contributed by atoms with Crippen LogP contribution in [0.25, 0.3) is 0 Å². The maximum Gasteiger partial charge on any atom is 0.155 e. The second-order valence-electron chi connectivity index (χ2n) is 26.3. The fourth-order valence-corrected chi connectivity index (χ4v) is 18.8. The van der Waals surface area contributed by atoms with Crippen LogP contribution in [0.4, 0.5) is 11.4 Å². The van der Waals surface area contributed by atoms with Crippen molar-refractivity contribution >= 4 is 22.9 Å². The first kappa shape index (κ1) is 47.6. The van der Waals surface area contributed by atoms with Crippen LogP contribution in [0.1, 0.15) is 172 Å². The molecule has 16 atom stereocenters. The summed E-state index contributed by atoms with van der Waals surface area (Å²) in [6.45, 7) is 11.3. The second kappa shape index (κ2) is 18.0. The molecule has 72 heavy (non-hydrogen) atoms. The van der Waals surface area contributed by atoms with Crippen LogP contribution in [0.15, 0.2) is 71.8 Å². The summed E-state index contributed by atoms with van der Waals surface area (Å²) in [4.78, 5) is 30.5. The van der Waals surface area contributed by atoms with E-state index in [1.807, 2.05) is 12.2 Å². The van der Waals surface area contributed by atoms with Gasteiger partial charge >= 0.3 is 0 Å². The first-order valence-corrected chi connectivity index (χ1v) is 29.5. The van der Waals surface area contributed by atoms with Crippen molar-refractivity contribution in [3.05, 3.63) is 83.0 Å². The number of aliphatic hydroxyl groups is 2. The Morgan fingerprint density at radius 1 is 0.639 bits per heavy atom. The number of carbonyl (C=O) groups is 2. The summed E-state index contributed by atoms with van der Waals surface area (Å²) in [6, 6.07) is 19.2. The molecule has 6 nitrogen and oxygen atoms in total. The van der Waals surface area contributed by atoms with Crippen molar-refractivity contribution in [3.8, 4) is 23.7 Å². The van der Waals surface area contributed by atoms with Gasteiger partial charge in [0.25, 0.3) is 0 Å². The summed E-state index contributed by atoms with van der Waals surface area (Å²) < 4.78 is 0. The quantitative estimate of drug-likeness (QED) is 0.257. The Kier molecular flexibility index (Phi) is 11.9. The van der Waals surface area contributed by atoms with E-state index < -0.39 is 11.2 Å². The normalized spacial score (nSPS) is 42.5. The maximum atomic E-state index is 12.9. The lowest BCUT2D eigenvalue weighted by molar-refractivity contribution is -0.118. The fourth-order valence-electron chi connectivity index (χ4n) is 18.8. The third-order valence-electron chi connectivity index (χ3n) is 23.0. The van der Waals surface area contributed by atoms with Crippen LogP contribution >= 0.6 is 0 Å². The minimum Gasteiger partial charge on any atom is -0.377 e. The van der Waals surface area contributed by atoms with E-state index in [2.05, 4.69) is 103 Å². The number of hydrogen-bond acceptors (Lipinski definition) is 6. The van der Waals surface area contributed by atoms with Crippen LogP contribution in [-0.4, -0.2) is 59.2 Å². The summed E-state index contributed by atoms with van der Waals surface area (Å²) in [5, 5.41) is 25.4. The molecule has 1 saturated heterocycles. The van der Waals surface area contributed by atoms with Gasteiger partial charge in [0.05, 0.1) is 0 Å². The Balaban J connectivity index is 0.703. The molecule has 0 amide bonds. The van der Waals surface area contributed by atoms with E-state index in [1.165, 1.54) is 59.3 Å². The third kappa shape index (κ3) is 7.95.